The van der Waals surface area contributed by atoms with E-state index < -0.39 is 9.05 Å². The van der Waals surface area contributed by atoms with Gasteiger partial charge in [-0.05, 0) is 24.0 Å². The minimum Gasteiger partial charge on any atom is -0.207 e. The van der Waals surface area contributed by atoms with Crippen LogP contribution in [0.4, 0.5) is 0 Å². The minimum atomic E-state index is -3.61. The van der Waals surface area contributed by atoms with Crippen LogP contribution in [0.15, 0.2) is 30.3 Å². The summed E-state index contributed by atoms with van der Waals surface area (Å²) in [5, 5.41) is 0. The van der Waals surface area contributed by atoms with Gasteiger partial charge in [-0.2, -0.15) is 0 Å². The van der Waals surface area contributed by atoms with Crippen LogP contribution in [0, 0.1) is 0 Å². The first-order valence-corrected chi connectivity index (χ1v) is 6.63. The largest absolute Gasteiger partial charge is 0.261 e. The zero-order valence-electron chi connectivity index (χ0n) is 7.40. The molecule has 1 aromatic carbocycles. The van der Waals surface area contributed by atoms with Crippen molar-refractivity contribution in [2.45, 2.75) is 12.8 Å². The Kier molecular flexibility index (Phi) is 2.37. The fourth-order valence-corrected chi connectivity index (χ4v) is 2.90. The lowest BCUT2D eigenvalue weighted by atomic mass is 9.97. The summed E-state index contributed by atoms with van der Waals surface area (Å²) in [5.74, 6) is 0. The Morgan fingerprint density at radius 2 is 1.93 bits per heavy atom. The molecule has 14 heavy (non-hydrogen) atoms. The molecular formula is C10H9ClO2S. The van der Waals surface area contributed by atoms with Crippen molar-refractivity contribution in [3.05, 3.63) is 41.5 Å². The molecule has 74 valence electrons. The molecule has 2 nitrogen and oxygen atoms in total. The highest BCUT2D eigenvalue weighted by Crippen LogP contribution is 2.31. The summed E-state index contributed by atoms with van der Waals surface area (Å²) in [7, 11) is 1.74. The average Bonchev–Trinajstić information content (AvgIpc) is 2.15. The molecule has 0 atom stereocenters. The number of allylic oxidation sites excluding steroid dienone is 1. The second-order valence-electron chi connectivity index (χ2n) is 3.20. The molecule has 0 saturated heterocycles. The molecule has 0 amide bonds. The molecule has 2 rings (SSSR count). The number of benzene rings is 1. The first-order chi connectivity index (χ1) is 6.59. The molecule has 0 radical (unpaired) electrons. The lowest BCUT2D eigenvalue weighted by Gasteiger charge is -2.14. The highest BCUT2D eigenvalue weighted by Gasteiger charge is 2.21. The summed E-state index contributed by atoms with van der Waals surface area (Å²) < 4.78 is 22.5. The maximum atomic E-state index is 11.2. The maximum Gasteiger partial charge on any atom is 0.261 e. The van der Waals surface area contributed by atoms with Crippen molar-refractivity contribution in [2.75, 3.05) is 0 Å². The molecule has 0 unspecified atom stereocenters. The van der Waals surface area contributed by atoms with Crippen molar-refractivity contribution < 1.29 is 8.42 Å². The number of hydrogen-bond acceptors (Lipinski definition) is 2. The Balaban J connectivity index is 2.62. The third-order valence-corrected chi connectivity index (χ3v) is 3.70. The quantitative estimate of drug-likeness (QED) is 0.693. The molecule has 0 spiro atoms. The fraction of sp³-hybridized carbons (Fsp3) is 0.200. The first-order valence-electron chi connectivity index (χ1n) is 4.32. The molecule has 1 aliphatic rings. The normalized spacial score (nSPS) is 15.9. The lowest BCUT2D eigenvalue weighted by molar-refractivity contribution is 0.618. The van der Waals surface area contributed by atoms with Crippen molar-refractivity contribution >= 4 is 24.6 Å². The van der Waals surface area contributed by atoms with E-state index in [-0.39, 0.29) is 4.91 Å². The van der Waals surface area contributed by atoms with E-state index in [4.69, 9.17) is 10.7 Å². The van der Waals surface area contributed by atoms with Gasteiger partial charge < -0.3 is 0 Å². The van der Waals surface area contributed by atoms with Crippen molar-refractivity contribution in [3.63, 3.8) is 0 Å². The number of rotatable bonds is 1. The second-order valence-corrected chi connectivity index (χ2v) is 5.74. The zero-order valence-corrected chi connectivity index (χ0v) is 8.98. The molecule has 0 N–H and O–H groups in total. The molecule has 4 heteroatoms. The first kappa shape index (κ1) is 9.74. The van der Waals surface area contributed by atoms with Crippen LogP contribution < -0.4 is 0 Å². The maximum absolute atomic E-state index is 11.2. The molecule has 0 bridgehead atoms. The van der Waals surface area contributed by atoms with E-state index in [2.05, 4.69) is 0 Å². The third kappa shape index (κ3) is 1.70. The summed E-state index contributed by atoms with van der Waals surface area (Å²) in [5.41, 5.74) is 1.79. The molecule has 0 saturated carbocycles. The third-order valence-electron chi connectivity index (χ3n) is 2.29. The summed E-state index contributed by atoms with van der Waals surface area (Å²) in [6.45, 7) is 0. The molecule has 1 aromatic rings. The van der Waals surface area contributed by atoms with Gasteiger partial charge in [-0.3, -0.25) is 0 Å². The van der Waals surface area contributed by atoms with E-state index in [9.17, 15) is 8.42 Å². The Labute approximate surface area is 87.6 Å². The van der Waals surface area contributed by atoms with Crippen LogP contribution in [0.5, 0.6) is 0 Å². The average molecular weight is 229 g/mol. The highest BCUT2D eigenvalue weighted by atomic mass is 35.7. The van der Waals surface area contributed by atoms with Crippen LogP contribution in [-0.2, 0) is 15.5 Å². The van der Waals surface area contributed by atoms with Crippen molar-refractivity contribution in [1.29, 1.82) is 0 Å². The summed E-state index contributed by atoms with van der Waals surface area (Å²) in [6.07, 6.45) is 3.30. The van der Waals surface area contributed by atoms with E-state index in [0.29, 0.717) is 0 Å². The standard InChI is InChI=1S/C10H9ClO2S/c11-14(12,13)10-7-3-5-8-4-1-2-6-9(8)10/h1-2,4,6-7H,3,5H2. The van der Waals surface area contributed by atoms with Crippen LogP contribution >= 0.6 is 10.7 Å². The Morgan fingerprint density at radius 3 is 2.64 bits per heavy atom. The van der Waals surface area contributed by atoms with Gasteiger partial charge in [0.2, 0.25) is 0 Å². The van der Waals surface area contributed by atoms with Crippen LogP contribution in [0.25, 0.3) is 4.91 Å². The van der Waals surface area contributed by atoms with Gasteiger partial charge in [0.05, 0.1) is 4.91 Å². The number of fused-ring (bicyclic) bond motifs is 1. The van der Waals surface area contributed by atoms with E-state index in [1.54, 1.807) is 12.1 Å². The van der Waals surface area contributed by atoms with Crippen LogP contribution in [0.1, 0.15) is 17.5 Å². The van der Waals surface area contributed by atoms with Crippen LogP contribution in [0.2, 0.25) is 0 Å². The molecule has 0 aromatic heterocycles. The monoisotopic (exact) mass is 228 g/mol. The number of halogens is 1. The Bertz CT molecular complexity index is 489. The van der Waals surface area contributed by atoms with Crippen molar-refractivity contribution in [1.82, 2.24) is 0 Å². The summed E-state index contributed by atoms with van der Waals surface area (Å²) in [4.78, 5) is 0.251. The Hall–Kier alpha value is -0.800. The minimum absolute atomic E-state index is 0.251. The van der Waals surface area contributed by atoms with Gasteiger partial charge >= 0.3 is 0 Å². The van der Waals surface area contributed by atoms with E-state index in [0.717, 1.165) is 24.0 Å². The van der Waals surface area contributed by atoms with Crippen LogP contribution in [-0.4, -0.2) is 8.42 Å². The van der Waals surface area contributed by atoms with E-state index in [1.807, 2.05) is 18.2 Å². The Morgan fingerprint density at radius 1 is 1.21 bits per heavy atom. The summed E-state index contributed by atoms with van der Waals surface area (Å²) >= 11 is 0. The highest BCUT2D eigenvalue weighted by molar-refractivity contribution is 8.21. The smallest absolute Gasteiger partial charge is 0.207 e. The molecule has 1 aliphatic carbocycles. The van der Waals surface area contributed by atoms with E-state index >= 15 is 0 Å². The van der Waals surface area contributed by atoms with Gasteiger partial charge in [-0.25, -0.2) is 8.42 Å². The predicted octanol–water partition coefficient (Wildman–Crippen LogP) is 2.54. The van der Waals surface area contributed by atoms with Crippen molar-refractivity contribution in [2.24, 2.45) is 0 Å². The van der Waals surface area contributed by atoms with Gasteiger partial charge in [0, 0.05) is 10.7 Å². The van der Waals surface area contributed by atoms with E-state index in [1.165, 1.54) is 0 Å². The van der Waals surface area contributed by atoms with Crippen molar-refractivity contribution in [3.8, 4) is 0 Å². The van der Waals surface area contributed by atoms with Gasteiger partial charge in [0.25, 0.3) is 9.05 Å². The molecule has 0 fully saturated rings. The number of aryl methyl sites for hydroxylation is 1. The summed E-state index contributed by atoms with van der Waals surface area (Å²) in [6, 6.07) is 7.45. The SMILES string of the molecule is O=S(=O)(Cl)C1=CCCc2ccccc21. The molecule has 0 aliphatic heterocycles. The zero-order chi connectivity index (χ0) is 10.2. The van der Waals surface area contributed by atoms with Gasteiger partial charge in [-0.1, -0.05) is 30.3 Å². The predicted molar refractivity (Wildman–Crippen MR) is 57.5 cm³/mol. The topological polar surface area (TPSA) is 34.1 Å². The molecular weight excluding hydrogens is 220 g/mol. The van der Waals surface area contributed by atoms with Gasteiger partial charge in [0.15, 0.2) is 0 Å². The number of hydrogen-bond donors (Lipinski definition) is 0. The van der Waals surface area contributed by atoms with Crippen LogP contribution in [0.3, 0.4) is 0 Å². The second kappa shape index (κ2) is 3.41. The fourth-order valence-electron chi connectivity index (χ4n) is 1.68. The lowest BCUT2D eigenvalue weighted by Crippen LogP contribution is -2.04. The molecule has 0 heterocycles. The van der Waals surface area contributed by atoms with Gasteiger partial charge in [-0.15, -0.1) is 0 Å². The van der Waals surface area contributed by atoms with Gasteiger partial charge in [0.1, 0.15) is 0 Å².